The van der Waals surface area contributed by atoms with E-state index in [4.69, 9.17) is 0 Å². The molecule has 0 saturated heterocycles. The number of methoxy groups -OCH3 is 1. The first-order chi connectivity index (χ1) is 13.4. The number of fused-ring (bicyclic) bond motifs is 1. The summed E-state index contributed by atoms with van der Waals surface area (Å²) < 4.78 is 30.7. The van der Waals surface area contributed by atoms with Crippen molar-refractivity contribution in [3.63, 3.8) is 0 Å². The summed E-state index contributed by atoms with van der Waals surface area (Å²) in [6.45, 7) is 2.10. The van der Waals surface area contributed by atoms with Gasteiger partial charge in [-0.2, -0.15) is 0 Å². The van der Waals surface area contributed by atoms with Gasteiger partial charge in [0.1, 0.15) is 0 Å². The molecular weight excluding hydrogens is 380 g/mol. The largest absolute Gasteiger partial charge is 0.465 e. The Hall–Kier alpha value is -2.87. The second-order valence-electron chi connectivity index (χ2n) is 6.44. The van der Waals surface area contributed by atoms with Crippen LogP contribution in [-0.2, 0) is 21.2 Å². The SMILES string of the molecule is CCS(=O)(=O)N1CCCc2cc(NC(=O)c3ccc(C(=O)OC)cc3)ccc21. The van der Waals surface area contributed by atoms with E-state index in [1.165, 1.54) is 23.5 Å². The molecule has 0 fully saturated rings. The van der Waals surface area contributed by atoms with E-state index in [0.717, 1.165) is 18.4 Å². The number of carbonyl (C=O) groups excluding carboxylic acids is 2. The lowest BCUT2D eigenvalue weighted by molar-refractivity contribution is 0.0600. The number of benzene rings is 2. The molecule has 0 spiro atoms. The van der Waals surface area contributed by atoms with E-state index in [1.807, 2.05) is 6.07 Å². The van der Waals surface area contributed by atoms with Crippen molar-refractivity contribution in [2.75, 3.05) is 29.0 Å². The zero-order valence-corrected chi connectivity index (χ0v) is 16.6. The van der Waals surface area contributed by atoms with Gasteiger partial charge in [-0.05, 0) is 67.8 Å². The molecule has 2 aromatic carbocycles. The highest BCUT2D eigenvalue weighted by Gasteiger charge is 2.26. The lowest BCUT2D eigenvalue weighted by Crippen LogP contribution is -2.36. The summed E-state index contributed by atoms with van der Waals surface area (Å²) in [5, 5.41) is 2.82. The molecular formula is C20H22N2O5S. The average molecular weight is 402 g/mol. The summed E-state index contributed by atoms with van der Waals surface area (Å²) in [4.78, 5) is 23.9. The fourth-order valence-electron chi connectivity index (χ4n) is 3.16. The van der Waals surface area contributed by atoms with Crippen LogP contribution in [-0.4, -0.2) is 39.7 Å². The van der Waals surface area contributed by atoms with Crippen molar-refractivity contribution in [3.05, 3.63) is 59.2 Å². The normalized spacial score (nSPS) is 13.6. The lowest BCUT2D eigenvalue weighted by Gasteiger charge is -2.30. The van der Waals surface area contributed by atoms with E-state index in [0.29, 0.717) is 29.0 Å². The molecule has 1 amide bonds. The highest BCUT2D eigenvalue weighted by atomic mass is 32.2. The summed E-state index contributed by atoms with van der Waals surface area (Å²) in [6, 6.07) is 11.4. The number of anilines is 2. The van der Waals surface area contributed by atoms with E-state index < -0.39 is 16.0 Å². The van der Waals surface area contributed by atoms with Gasteiger partial charge in [0.15, 0.2) is 0 Å². The number of esters is 1. The first kappa shape index (κ1) is 19.9. The second-order valence-corrected chi connectivity index (χ2v) is 8.62. The average Bonchev–Trinajstić information content (AvgIpc) is 2.72. The van der Waals surface area contributed by atoms with E-state index in [9.17, 15) is 18.0 Å². The smallest absolute Gasteiger partial charge is 0.337 e. The predicted octanol–water partition coefficient (Wildman–Crippen LogP) is 2.83. The van der Waals surface area contributed by atoms with Crippen LogP contribution in [0.5, 0.6) is 0 Å². The standard InChI is InChI=1S/C20H22N2O5S/c1-3-28(25,26)22-12-4-5-16-13-17(10-11-18(16)22)21-19(23)14-6-8-15(9-7-14)20(24)27-2/h6-11,13H,3-5,12H2,1-2H3,(H,21,23). The predicted molar refractivity (Wildman–Crippen MR) is 107 cm³/mol. The maximum absolute atomic E-state index is 12.5. The number of nitrogens with one attached hydrogen (secondary N) is 1. The molecule has 0 bridgehead atoms. The van der Waals surface area contributed by atoms with Crippen LogP contribution in [0, 0.1) is 0 Å². The molecule has 8 heteroatoms. The van der Waals surface area contributed by atoms with Gasteiger partial charge >= 0.3 is 5.97 Å². The van der Waals surface area contributed by atoms with E-state index >= 15 is 0 Å². The molecule has 1 heterocycles. The highest BCUT2D eigenvalue weighted by molar-refractivity contribution is 7.92. The van der Waals surface area contributed by atoms with Crippen LogP contribution in [0.1, 0.15) is 39.6 Å². The van der Waals surface area contributed by atoms with Gasteiger partial charge in [-0.25, -0.2) is 13.2 Å². The van der Waals surface area contributed by atoms with E-state index in [-0.39, 0.29) is 11.7 Å². The number of amides is 1. The van der Waals surface area contributed by atoms with Crippen LogP contribution in [0.3, 0.4) is 0 Å². The Bertz CT molecular complexity index is 1000. The highest BCUT2D eigenvalue weighted by Crippen LogP contribution is 2.31. The molecule has 28 heavy (non-hydrogen) atoms. The topological polar surface area (TPSA) is 92.8 Å². The number of hydrogen-bond donors (Lipinski definition) is 1. The van der Waals surface area contributed by atoms with Gasteiger partial charge in [-0.1, -0.05) is 0 Å². The quantitative estimate of drug-likeness (QED) is 0.777. The van der Waals surface area contributed by atoms with Gasteiger partial charge < -0.3 is 10.1 Å². The first-order valence-corrected chi connectivity index (χ1v) is 10.6. The Labute approximate surface area is 164 Å². The summed E-state index contributed by atoms with van der Waals surface area (Å²) in [5.41, 5.74) is 2.93. The third-order valence-electron chi connectivity index (χ3n) is 4.68. The monoisotopic (exact) mass is 402 g/mol. The number of hydrogen-bond acceptors (Lipinski definition) is 5. The number of rotatable bonds is 5. The van der Waals surface area contributed by atoms with Crippen molar-refractivity contribution >= 4 is 33.3 Å². The second kappa shape index (κ2) is 8.02. The maximum atomic E-state index is 12.5. The van der Waals surface area contributed by atoms with Crippen molar-refractivity contribution in [2.45, 2.75) is 19.8 Å². The zero-order chi connectivity index (χ0) is 20.3. The molecule has 1 N–H and O–H groups in total. The summed E-state index contributed by atoms with van der Waals surface area (Å²) >= 11 is 0. The molecule has 0 aliphatic carbocycles. The molecule has 0 radical (unpaired) electrons. The first-order valence-electron chi connectivity index (χ1n) is 8.99. The fourth-order valence-corrected chi connectivity index (χ4v) is 4.36. The lowest BCUT2D eigenvalue weighted by atomic mass is 10.0. The number of carbonyl (C=O) groups is 2. The van der Waals surface area contributed by atoms with Gasteiger partial charge in [-0.3, -0.25) is 9.10 Å². The molecule has 7 nitrogen and oxygen atoms in total. The molecule has 1 aliphatic heterocycles. The molecule has 1 aliphatic rings. The third-order valence-corrected chi connectivity index (χ3v) is 6.46. The Morgan fingerprint density at radius 3 is 2.43 bits per heavy atom. The number of ether oxygens (including phenoxy) is 1. The van der Waals surface area contributed by atoms with Crippen LogP contribution in [0.2, 0.25) is 0 Å². The van der Waals surface area contributed by atoms with Crippen LogP contribution in [0.15, 0.2) is 42.5 Å². The van der Waals surface area contributed by atoms with Crippen molar-refractivity contribution in [1.29, 1.82) is 0 Å². The van der Waals surface area contributed by atoms with Gasteiger partial charge in [-0.15, -0.1) is 0 Å². The molecule has 148 valence electrons. The molecule has 0 atom stereocenters. The minimum atomic E-state index is -3.32. The summed E-state index contributed by atoms with van der Waals surface area (Å²) in [5.74, 6) is -0.731. The van der Waals surface area contributed by atoms with Crippen molar-refractivity contribution in [1.82, 2.24) is 0 Å². The maximum Gasteiger partial charge on any atom is 0.337 e. The molecule has 3 rings (SSSR count). The molecule has 2 aromatic rings. The Morgan fingerprint density at radius 2 is 1.79 bits per heavy atom. The van der Waals surface area contributed by atoms with Crippen LogP contribution in [0.4, 0.5) is 11.4 Å². The number of aryl methyl sites for hydroxylation is 1. The Kier molecular flexibility index (Phi) is 5.69. The molecule has 0 unspecified atom stereocenters. The van der Waals surface area contributed by atoms with E-state index in [1.54, 1.807) is 31.2 Å². The van der Waals surface area contributed by atoms with E-state index in [2.05, 4.69) is 10.1 Å². The van der Waals surface area contributed by atoms with Crippen molar-refractivity contribution in [3.8, 4) is 0 Å². The van der Waals surface area contributed by atoms with Gasteiger partial charge in [0.05, 0.1) is 24.1 Å². The van der Waals surface area contributed by atoms with Crippen molar-refractivity contribution < 1.29 is 22.7 Å². The molecule has 0 aromatic heterocycles. The fraction of sp³-hybridized carbons (Fsp3) is 0.300. The Balaban J connectivity index is 1.79. The van der Waals surface area contributed by atoms with Gasteiger partial charge in [0.25, 0.3) is 5.91 Å². The van der Waals surface area contributed by atoms with Gasteiger partial charge in [0, 0.05) is 17.8 Å². The Morgan fingerprint density at radius 1 is 1.11 bits per heavy atom. The van der Waals surface area contributed by atoms with Gasteiger partial charge in [0.2, 0.25) is 10.0 Å². The third kappa shape index (κ3) is 4.01. The zero-order valence-electron chi connectivity index (χ0n) is 15.8. The summed E-state index contributed by atoms with van der Waals surface area (Å²) in [7, 11) is -2.02. The van der Waals surface area contributed by atoms with Crippen LogP contribution >= 0.6 is 0 Å². The number of sulfonamides is 1. The molecule has 0 saturated carbocycles. The minimum Gasteiger partial charge on any atom is -0.465 e. The number of nitrogens with zero attached hydrogens (tertiary/aromatic N) is 1. The van der Waals surface area contributed by atoms with Crippen LogP contribution in [0.25, 0.3) is 0 Å². The van der Waals surface area contributed by atoms with Crippen molar-refractivity contribution in [2.24, 2.45) is 0 Å². The van der Waals surface area contributed by atoms with Crippen LogP contribution < -0.4 is 9.62 Å². The summed E-state index contributed by atoms with van der Waals surface area (Å²) in [6.07, 6.45) is 1.49. The minimum absolute atomic E-state index is 0.0481.